The SMILES string of the molecule is C[N+](C)(C)C1CCC(O)CC1.Cc1ccc(S(=O)(=O)[O-])cc1. The van der Waals surface area contributed by atoms with Crippen molar-refractivity contribution >= 4 is 10.1 Å². The van der Waals surface area contributed by atoms with Gasteiger partial charge in [-0.25, -0.2) is 8.42 Å². The van der Waals surface area contributed by atoms with Crippen molar-refractivity contribution in [2.24, 2.45) is 0 Å². The molecule has 1 N–H and O–H groups in total. The summed E-state index contributed by atoms with van der Waals surface area (Å²) < 4.78 is 32.2. The molecule has 5 nitrogen and oxygen atoms in total. The molecule has 0 heterocycles. The Morgan fingerprint density at radius 3 is 1.86 bits per heavy atom. The molecule has 0 aromatic heterocycles. The van der Waals surface area contributed by atoms with E-state index in [0.717, 1.165) is 28.9 Å². The van der Waals surface area contributed by atoms with E-state index in [1.807, 2.05) is 6.92 Å². The van der Waals surface area contributed by atoms with Gasteiger partial charge in [0.25, 0.3) is 0 Å². The Kier molecular flexibility index (Phi) is 6.55. The highest BCUT2D eigenvalue weighted by Gasteiger charge is 2.28. The number of aliphatic hydroxyl groups excluding tert-OH is 1. The zero-order valence-electron chi connectivity index (χ0n) is 13.8. The van der Waals surface area contributed by atoms with Gasteiger partial charge in [0.1, 0.15) is 10.1 Å². The molecule has 0 saturated heterocycles. The monoisotopic (exact) mass is 329 g/mol. The van der Waals surface area contributed by atoms with E-state index in [4.69, 9.17) is 0 Å². The number of rotatable bonds is 2. The lowest BCUT2D eigenvalue weighted by Gasteiger charge is -2.37. The molecule has 0 spiro atoms. The quantitative estimate of drug-likeness (QED) is 0.664. The maximum Gasteiger partial charge on any atom is 0.124 e. The Morgan fingerprint density at radius 2 is 1.50 bits per heavy atom. The minimum absolute atomic E-state index is 0.0159. The Bertz CT molecular complexity index is 553. The van der Waals surface area contributed by atoms with Crippen LogP contribution in [-0.2, 0) is 10.1 Å². The van der Waals surface area contributed by atoms with E-state index in [1.54, 1.807) is 12.1 Å². The summed E-state index contributed by atoms with van der Waals surface area (Å²) in [4.78, 5) is -0.178. The van der Waals surface area contributed by atoms with E-state index in [0.29, 0.717) is 0 Å². The Labute approximate surface area is 133 Å². The van der Waals surface area contributed by atoms with Crippen molar-refractivity contribution in [2.45, 2.75) is 49.6 Å². The van der Waals surface area contributed by atoms with Crippen LogP contribution in [0.15, 0.2) is 29.2 Å². The highest BCUT2D eigenvalue weighted by molar-refractivity contribution is 7.85. The molecule has 126 valence electrons. The molecule has 1 fully saturated rings. The van der Waals surface area contributed by atoms with Gasteiger partial charge in [-0.3, -0.25) is 0 Å². The van der Waals surface area contributed by atoms with Gasteiger partial charge in [-0.15, -0.1) is 0 Å². The largest absolute Gasteiger partial charge is 0.744 e. The smallest absolute Gasteiger partial charge is 0.124 e. The average Bonchev–Trinajstić information content (AvgIpc) is 2.38. The third-order valence-electron chi connectivity index (χ3n) is 4.07. The van der Waals surface area contributed by atoms with Gasteiger partial charge < -0.3 is 14.1 Å². The van der Waals surface area contributed by atoms with Crippen molar-refractivity contribution in [2.75, 3.05) is 21.1 Å². The van der Waals surface area contributed by atoms with Crippen molar-refractivity contribution in [1.29, 1.82) is 0 Å². The van der Waals surface area contributed by atoms with Crippen LogP contribution in [0.4, 0.5) is 0 Å². The predicted molar refractivity (Wildman–Crippen MR) is 85.4 cm³/mol. The highest BCUT2D eigenvalue weighted by atomic mass is 32.2. The summed E-state index contributed by atoms with van der Waals surface area (Å²) in [5.74, 6) is 0. The Morgan fingerprint density at radius 1 is 1.05 bits per heavy atom. The molecule has 0 radical (unpaired) electrons. The second-order valence-corrected chi connectivity index (χ2v) is 8.23. The van der Waals surface area contributed by atoms with Gasteiger partial charge in [0.05, 0.1) is 38.2 Å². The third kappa shape index (κ3) is 6.44. The van der Waals surface area contributed by atoms with Crippen molar-refractivity contribution < 1.29 is 22.6 Å². The second kappa shape index (κ2) is 7.55. The van der Waals surface area contributed by atoms with Gasteiger partial charge >= 0.3 is 0 Å². The third-order valence-corrected chi connectivity index (χ3v) is 4.92. The van der Waals surface area contributed by atoms with Gasteiger partial charge in [0, 0.05) is 12.8 Å². The van der Waals surface area contributed by atoms with Gasteiger partial charge in [0.15, 0.2) is 0 Å². The van der Waals surface area contributed by atoms with E-state index >= 15 is 0 Å². The summed E-state index contributed by atoms with van der Waals surface area (Å²) in [5.41, 5.74) is 0.928. The van der Waals surface area contributed by atoms with Gasteiger partial charge in [-0.2, -0.15) is 0 Å². The van der Waals surface area contributed by atoms with Crippen LogP contribution in [0.3, 0.4) is 0 Å². The van der Waals surface area contributed by atoms with E-state index in [1.165, 1.54) is 25.0 Å². The number of nitrogens with zero attached hydrogens (tertiary/aromatic N) is 1. The molecule has 1 aliphatic rings. The zero-order valence-corrected chi connectivity index (χ0v) is 14.6. The lowest BCUT2D eigenvalue weighted by molar-refractivity contribution is -0.897. The lowest BCUT2D eigenvalue weighted by atomic mass is 9.91. The fraction of sp³-hybridized carbons (Fsp3) is 0.625. The van der Waals surface area contributed by atoms with Crippen molar-refractivity contribution in [3.8, 4) is 0 Å². The van der Waals surface area contributed by atoms with Crippen LogP contribution in [0.2, 0.25) is 0 Å². The number of hydrogen-bond donors (Lipinski definition) is 1. The summed E-state index contributed by atoms with van der Waals surface area (Å²) in [5, 5.41) is 9.29. The van der Waals surface area contributed by atoms with Crippen LogP contribution in [-0.4, -0.2) is 55.8 Å². The number of quaternary nitrogens is 1. The molecule has 22 heavy (non-hydrogen) atoms. The molecular formula is C16H27NO4S. The Balaban J connectivity index is 0.000000220. The Hall–Kier alpha value is -0.950. The minimum Gasteiger partial charge on any atom is -0.744 e. The topological polar surface area (TPSA) is 77.4 Å². The maximum absolute atomic E-state index is 10.4. The van der Waals surface area contributed by atoms with Gasteiger partial charge in [-0.1, -0.05) is 17.7 Å². The van der Waals surface area contributed by atoms with Crippen LogP contribution in [0.25, 0.3) is 0 Å². The van der Waals surface area contributed by atoms with Gasteiger partial charge in [0.2, 0.25) is 0 Å². The molecule has 2 rings (SSSR count). The molecule has 0 bridgehead atoms. The lowest BCUT2D eigenvalue weighted by Crippen LogP contribution is -2.47. The van der Waals surface area contributed by atoms with Crippen LogP contribution < -0.4 is 0 Å². The van der Waals surface area contributed by atoms with Crippen molar-refractivity contribution in [3.05, 3.63) is 29.8 Å². The summed E-state index contributed by atoms with van der Waals surface area (Å²) >= 11 is 0. The molecule has 0 atom stereocenters. The zero-order chi connectivity index (χ0) is 17.0. The first-order chi connectivity index (χ1) is 10.00. The maximum atomic E-state index is 10.4. The fourth-order valence-electron chi connectivity index (χ4n) is 2.54. The first-order valence-corrected chi connectivity index (χ1v) is 8.92. The number of hydrogen-bond acceptors (Lipinski definition) is 4. The summed E-state index contributed by atoms with van der Waals surface area (Å²) in [6.07, 6.45) is 4.35. The van der Waals surface area contributed by atoms with Crippen molar-refractivity contribution in [3.63, 3.8) is 0 Å². The summed E-state index contributed by atoms with van der Waals surface area (Å²) in [6, 6.07) is 6.55. The van der Waals surface area contributed by atoms with E-state index in [2.05, 4.69) is 21.1 Å². The first kappa shape index (κ1) is 19.1. The minimum atomic E-state index is -4.27. The molecule has 1 aliphatic carbocycles. The molecule has 0 unspecified atom stereocenters. The van der Waals surface area contributed by atoms with Crippen LogP contribution in [0.5, 0.6) is 0 Å². The van der Waals surface area contributed by atoms with Crippen LogP contribution >= 0.6 is 0 Å². The van der Waals surface area contributed by atoms with Crippen LogP contribution in [0.1, 0.15) is 31.2 Å². The summed E-state index contributed by atoms with van der Waals surface area (Å²) in [6.45, 7) is 1.82. The molecule has 0 aliphatic heterocycles. The molecule has 6 heteroatoms. The molecule has 1 aromatic carbocycles. The van der Waals surface area contributed by atoms with E-state index in [9.17, 15) is 18.1 Å². The normalized spacial score (nSPS) is 22.6. The van der Waals surface area contributed by atoms with Gasteiger partial charge in [-0.05, 0) is 31.9 Å². The first-order valence-electron chi connectivity index (χ1n) is 7.52. The van der Waals surface area contributed by atoms with E-state index in [-0.39, 0.29) is 11.0 Å². The molecule has 0 amide bonds. The number of aliphatic hydroxyl groups is 1. The van der Waals surface area contributed by atoms with E-state index < -0.39 is 10.1 Å². The number of aryl methyl sites for hydroxylation is 1. The predicted octanol–water partition coefficient (Wildman–Crippen LogP) is 1.90. The van der Waals surface area contributed by atoms with Crippen molar-refractivity contribution in [1.82, 2.24) is 0 Å². The van der Waals surface area contributed by atoms with Crippen LogP contribution in [0, 0.1) is 6.92 Å². The number of benzene rings is 1. The fourth-order valence-corrected chi connectivity index (χ4v) is 3.01. The highest BCUT2D eigenvalue weighted by Crippen LogP contribution is 2.24. The average molecular weight is 329 g/mol. The summed E-state index contributed by atoms with van der Waals surface area (Å²) in [7, 11) is 2.45. The standard InChI is InChI=1S/C9H20NO.C7H8O3S/c1-10(2,3)8-4-6-9(11)7-5-8;1-6-2-4-7(5-3-6)11(8,9)10/h8-9,11H,4-7H2,1-3H3;2-5H,1H3,(H,8,9,10)/q+1;/p-1. The molecule has 1 saturated carbocycles. The molecule has 1 aromatic rings. The second-order valence-electron chi connectivity index (χ2n) is 6.85. The molecular weight excluding hydrogens is 302 g/mol.